The van der Waals surface area contributed by atoms with Crippen LogP contribution in [-0.2, 0) is 4.79 Å². The van der Waals surface area contributed by atoms with Crippen molar-refractivity contribution in [3.8, 4) is 22.6 Å². The number of nitrogens with zero attached hydrogens (tertiary/aromatic N) is 2. The Bertz CT molecular complexity index is 1160. The van der Waals surface area contributed by atoms with Crippen LogP contribution in [0.3, 0.4) is 0 Å². The lowest BCUT2D eigenvalue weighted by Crippen LogP contribution is -2.27. The molecular formula is C24H27N3O3. The number of rotatable bonds is 5. The van der Waals surface area contributed by atoms with Gasteiger partial charge in [-0.15, -0.1) is 0 Å². The van der Waals surface area contributed by atoms with E-state index in [0.29, 0.717) is 28.4 Å². The zero-order valence-corrected chi connectivity index (χ0v) is 18.2. The summed E-state index contributed by atoms with van der Waals surface area (Å²) >= 11 is 0. The molecule has 3 aromatic rings. The molecule has 1 N–H and O–H groups in total. The summed E-state index contributed by atoms with van der Waals surface area (Å²) in [6.07, 6.45) is 0. The quantitative estimate of drug-likeness (QED) is 0.682. The van der Waals surface area contributed by atoms with Crippen LogP contribution in [0.1, 0.15) is 30.7 Å². The average molecular weight is 405 g/mol. The van der Waals surface area contributed by atoms with E-state index < -0.39 is 0 Å². The maximum absolute atomic E-state index is 13.2. The lowest BCUT2D eigenvalue weighted by atomic mass is 10.0. The van der Waals surface area contributed by atoms with Crippen molar-refractivity contribution in [2.24, 2.45) is 5.92 Å². The number of aromatic nitrogens is 2. The Morgan fingerprint density at radius 1 is 1.07 bits per heavy atom. The Morgan fingerprint density at radius 3 is 2.40 bits per heavy atom. The molecule has 1 aromatic heterocycles. The molecule has 0 unspecified atom stereocenters. The Hall–Kier alpha value is -3.41. The zero-order valence-electron chi connectivity index (χ0n) is 18.2. The third kappa shape index (κ3) is 3.99. The van der Waals surface area contributed by atoms with Crippen LogP contribution in [0.2, 0.25) is 0 Å². The minimum atomic E-state index is -0.264. The van der Waals surface area contributed by atoms with E-state index in [0.717, 1.165) is 16.8 Å². The number of carbonyl (C=O) groups is 1. The van der Waals surface area contributed by atoms with Gasteiger partial charge >= 0.3 is 0 Å². The topological polar surface area (TPSA) is 73.2 Å². The van der Waals surface area contributed by atoms with Gasteiger partial charge in [-0.25, -0.2) is 4.68 Å². The Kier molecular flexibility index (Phi) is 6.06. The van der Waals surface area contributed by atoms with Crippen LogP contribution in [-0.4, -0.2) is 22.8 Å². The van der Waals surface area contributed by atoms with Crippen LogP contribution in [0.25, 0.3) is 16.8 Å². The number of methoxy groups -OCH3 is 1. The summed E-state index contributed by atoms with van der Waals surface area (Å²) in [5, 5.41) is 7.45. The molecular weight excluding hydrogens is 378 g/mol. The second kappa shape index (κ2) is 8.53. The molecule has 0 aliphatic heterocycles. The fourth-order valence-electron chi connectivity index (χ4n) is 3.16. The van der Waals surface area contributed by atoms with E-state index in [1.54, 1.807) is 38.6 Å². The van der Waals surface area contributed by atoms with Gasteiger partial charge in [-0.3, -0.25) is 9.59 Å². The molecule has 30 heavy (non-hydrogen) atoms. The second-order valence-corrected chi connectivity index (χ2v) is 7.66. The fraction of sp³-hybridized carbons (Fsp3) is 0.292. The average Bonchev–Trinajstić information content (AvgIpc) is 2.72. The van der Waals surface area contributed by atoms with Crippen molar-refractivity contribution in [2.45, 2.75) is 34.6 Å². The van der Waals surface area contributed by atoms with Crippen LogP contribution in [0, 0.1) is 26.7 Å². The molecule has 0 spiro atoms. The highest BCUT2D eigenvalue weighted by atomic mass is 16.5. The van der Waals surface area contributed by atoms with Crippen LogP contribution in [0.15, 0.2) is 47.3 Å². The molecule has 0 saturated carbocycles. The molecule has 6 nitrogen and oxygen atoms in total. The molecule has 0 bridgehead atoms. The van der Waals surface area contributed by atoms with Gasteiger partial charge in [0.15, 0.2) is 0 Å². The minimum Gasteiger partial charge on any atom is -0.496 e. The van der Waals surface area contributed by atoms with Crippen LogP contribution in [0.4, 0.5) is 5.82 Å². The van der Waals surface area contributed by atoms with Gasteiger partial charge in [-0.1, -0.05) is 38.1 Å². The van der Waals surface area contributed by atoms with E-state index in [-0.39, 0.29) is 17.3 Å². The summed E-state index contributed by atoms with van der Waals surface area (Å²) in [5.41, 5.74) is 4.03. The minimum absolute atomic E-state index is 0.200. The summed E-state index contributed by atoms with van der Waals surface area (Å²) in [6.45, 7) is 9.33. The predicted octanol–water partition coefficient (Wildman–Crippen LogP) is 4.43. The van der Waals surface area contributed by atoms with Crippen molar-refractivity contribution in [1.82, 2.24) is 9.78 Å². The standard InChI is InChI=1S/C24H27N3O3/c1-14(2)24(29)25-23-21(19-9-7-8-10-20(19)30-6)22(28)17(5)26-27(23)18-12-11-15(3)16(4)13-18/h7-14H,1-6H3,(H,25,29). The first-order valence-corrected chi connectivity index (χ1v) is 9.90. The largest absolute Gasteiger partial charge is 0.496 e. The fourth-order valence-corrected chi connectivity index (χ4v) is 3.16. The summed E-state index contributed by atoms with van der Waals surface area (Å²) in [4.78, 5) is 25.9. The van der Waals surface area contributed by atoms with E-state index in [1.165, 1.54) is 0 Å². The van der Waals surface area contributed by atoms with Gasteiger partial charge in [0, 0.05) is 11.5 Å². The molecule has 0 saturated heterocycles. The summed E-state index contributed by atoms with van der Waals surface area (Å²) in [6, 6.07) is 13.2. The van der Waals surface area contributed by atoms with Crippen LogP contribution >= 0.6 is 0 Å². The van der Waals surface area contributed by atoms with Crippen LogP contribution < -0.4 is 15.5 Å². The van der Waals surface area contributed by atoms with Gasteiger partial charge in [0.25, 0.3) is 0 Å². The summed E-state index contributed by atoms with van der Waals surface area (Å²) in [5.74, 6) is 0.415. The number of hydrogen-bond acceptors (Lipinski definition) is 4. The summed E-state index contributed by atoms with van der Waals surface area (Å²) in [7, 11) is 1.56. The maximum atomic E-state index is 13.2. The van der Waals surface area contributed by atoms with Crippen molar-refractivity contribution in [3.05, 3.63) is 69.5 Å². The number of nitrogens with one attached hydrogen (secondary N) is 1. The van der Waals surface area contributed by atoms with Crippen molar-refractivity contribution < 1.29 is 9.53 Å². The van der Waals surface area contributed by atoms with Crippen LogP contribution in [0.5, 0.6) is 5.75 Å². The number of aryl methyl sites for hydroxylation is 3. The second-order valence-electron chi connectivity index (χ2n) is 7.66. The highest BCUT2D eigenvalue weighted by Crippen LogP contribution is 2.34. The van der Waals surface area contributed by atoms with Gasteiger partial charge in [0.1, 0.15) is 17.3 Å². The van der Waals surface area contributed by atoms with Crippen molar-refractivity contribution in [3.63, 3.8) is 0 Å². The number of ether oxygens (including phenoxy) is 1. The van der Waals surface area contributed by atoms with E-state index >= 15 is 0 Å². The molecule has 3 rings (SSSR count). The van der Waals surface area contributed by atoms with Gasteiger partial charge in [0.05, 0.1) is 18.4 Å². The molecule has 1 heterocycles. The van der Waals surface area contributed by atoms with E-state index in [2.05, 4.69) is 10.4 Å². The molecule has 156 valence electrons. The lowest BCUT2D eigenvalue weighted by Gasteiger charge is -2.20. The first-order valence-electron chi connectivity index (χ1n) is 9.90. The molecule has 0 atom stereocenters. The van der Waals surface area contributed by atoms with Crippen molar-refractivity contribution in [1.29, 1.82) is 0 Å². The van der Waals surface area contributed by atoms with Gasteiger partial charge < -0.3 is 10.1 Å². The Balaban J connectivity index is 2.40. The van der Waals surface area contributed by atoms with E-state index in [4.69, 9.17) is 4.74 Å². The predicted molar refractivity (Wildman–Crippen MR) is 120 cm³/mol. The highest BCUT2D eigenvalue weighted by Gasteiger charge is 2.23. The van der Waals surface area contributed by atoms with Crippen molar-refractivity contribution in [2.75, 3.05) is 12.4 Å². The Labute approximate surface area is 176 Å². The maximum Gasteiger partial charge on any atom is 0.228 e. The number of anilines is 1. The first-order chi connectivity index (χ1) is 14.2. The van der Waals surface area contributed by atoms with Crippen molar-refractivity contribution >= 4 is 11.7 Å². The highest BCUT2D eigenvalue weighted by molar-refractivity contribution is 5.96. The number of amides is 1. The summed E-state index contributed by atoms with van der Waals surface area (Å²) < 4.78 is 7.13. The SMILES string of the molecule is COc1ccccc1-c1c(NC(=O)C(C)C)n(-c2ccc(C)c(C)c2)nc(C)c1=O. The molecule has 2 aromatic carbocycles. The molecule has 0 fully saturated rings. The van der Waals surface area contributed by atoms with Gasteiger partial charge in [0.2, 0.25) is 11.3 Å². The molecule has 6 heteroatoms. The number of hydrogen-bond donors (Lipinski definition) is 1. The van der Waals surface area contributed by atoms with E-state index in [1.807, 2.05) is 50.2 Å². The number of benzene rings is 2. The third-order valence-electron chi connectivity index (χ3n) is 5.13. The first kappa shape index (κ1) is 21.3. The monoisotopic (exact) mass is 405 g/mol. The normalized spacial score (nSPS) is 10.9. The molecule has 0 aliphatic carbocycles. The molecule has 0 aliphatic rings. The number of carbonyl (C=O) groups excluding carboxylic acids is 1. The molecule has 1 amide bonds. The van der Waals surface area contributed by atoms with Gasteiger partial charge in [-0.05, 0) is 50.1 Å². The smallest absolute Gasteiger partial charge is 0.228 e. The van der Waals surface area contributed by atoms with Gasteiger partial charge in [-0.2, -0.15) is 5.10 Å². The Morgan fingerprint density at radius 2 is 1.77 bits per heavy atom. The third-order valence-corrected chi connectivity index (χ3v) is 5.13. The molecule has 0 radical (unpaired) electrons. The lowest BCUT2D eigenvalue weighted by molar-refractivity contribution is -0.118. The number of para-hydroxylation sites is 1. The van der Waals surface area contributed by atoms with E-state index in [9.17, 15) is 9.59 Å². The zero-order chi connectivity index (χ0) is 22.0.